The van der Waals surface area contributed by atoms with Gasteiger partial charge >= 0.3 is 0 Å². The zero-order valence-electron chi connectivity index (χ0n) is 9.47. The van der Waals surface area contributed by atoms with Crippen LogP contribution >= 0.6 is 0 Å². The molecule has 4 nitrogen and oxygen atoms in total. The van der Waals surface area contributed by atoms with Gasteiger partial charge in [-0.15, -0.1) is 0 Å². The Morgan fingerprint density at radius 2 is 2.00 bits per heavy atom. The topological polar surface area (TPSA) is 64.9 Å². The minimum Gasteiger partial charge on any atom is -0.337 e. The van der Waals surface area contributed by atoms with Gasteiger partial charge in [0.1, 0.15) is 0 Å². The SMILES string of the molecule is CCc1ccc(-c2noc([C@@H](C)N)n2)cc1. The smallest absolute Gasteiger partial charge is 0.243 e. The molecule has 0 spiro atoms. The lowest BCUT2D eigenvalue weighted by Gasteiger charge is -1.97. The third-order valence-electron chi connectivity index (χ3n) is 2.45. The van der Waals surface area contributed by atoms with Crippen molar-refractivity contribution in [3.05, 3.63) is 35.7 Å². The van der Waals surface area contributed by atoms with Crippen LogP contribution in [0, 0.1) is 0 Å². The number of hydrogen-bond donors (Lipinski definition) is 1. The molecule has 4 heteroatoms. The standard InChI is InChI=1S/C12H15N3O/c1-3-9-4-6-10(7-5-9)11-14-12(8(2)13)16-15-11/h4-8H,3,13H2,1-2H3/t8-/m1/s1. The molecule has 16 heavy (non-hydrogen) atoms. The Morgan fingerprint density at radius 3 is 2.50 bits per heavy atom. The van der Waals surface area contributed by atoms with Crippen molar-refractivity contribution in [2.45, 2.75) is 26.3 Å². The monoisotopic (exact) mass is 217 g/mol. The number of aromatic nitrogens is 2. The van der Waals surface area contributed by atoms with Crippen LogP contribution in [0.3, 0.4) is 0 Å². The molecule has 1 aromatic heterocycles. The molecule has 2 rings (SSSR count). The van der Waals surface area contributed by atoms with E-state index in [9.17, 15) is 0 Å². The van der Waals surface area contributed by atoms with E-state index in [1.807, 2.05) is 19.1 Å². The Bertz CT molecular complexity index is 459. The summed E-state index contributed by atoms with van der Waals surface area (Å²) in [6.07, 6.45) is 1.03. The predicted octanol–water partition coefficient (Wildman–Crippen LogP) is 2.32. The molecule has 0 aliphatic heterocycles. The molecule has 0 unspecified atom stereocenters. The van der Waals surface area contributed by atoms with Gasteiger partial charge in [-0.2, -0.15) is 4.98 Å². The average molecular weight is 217 g/mol. The molecule has 0 saturated carbocycles. The first-order valence-corrected chi connectivity index (χ1v) is 5.39. The second-order valence-electron chi connectivity index (χ2n) is 3.80. The number of nitrogens with zero attached hydrogens (tertiary/aromatic N) is 2. The highest BCUT2D eigenvalue weighted by molar-refractivity contribution is 5.54. The maximum Gasteiger partial charge on any atom is 0.243 e. The van der Waals surface area contributed by atoms with Crippen LogP contribution in [0.1, 0.15) is 31.3 Å². The minimum atomic E-state index is -0.226. The molecule has 0 amide bonds. The highest BCUT2D eigenvalue weighted by Gasteiger charge is 2.11. The normalized spacial score (nSPS) is 12.7. The first-order valence-electron chi connectivity index (χ1n) is 5.39. The summed E-state index contributed by atoms with van der Waals surface area (Å²) in [4.78, 5) is 4.23. The van der Waals surface area contributed by atoms with E-state index >= 15 is 0 Å². The zero-order valence-corrected chi connectivity index (χ0v) is 9.47. The largest absolute Gasteiger partial charge is 0.337 e. The van der Waals surface area contributed by atoms with Gasteiger partial charge in [0.05, 0.1) is 6.04 Å². The van der Waals surface area contributed by atoms with E-state index in [2.05, 4.69) is 29.2 Å². The number of nitrogens with two attached hydrogens (primary N) is 1. The Labute approximate surface area is 94.5 Å². The van der Waals surface area contributed by atoms with Crippen LogP contribution < -0.4 is 5.73 Å². The number of hydrogen-bond acceptors (Lipinski definition) is 4. The fourth-order valence-electron chi connectivity index (χ4n) is 1.43. The molecule has 0 saturated heterocycles. The van der Waals surface area contributed by atoms with Gasteiger partial charge in [-0.25, -0.2) is 0 Å². The fourth-order valence-corrected chi connectivity index (χ4v) is 1.43. The molecule has 1 heterocycles. The number of aryl methyl sites for hydroxylation is 1. The quantitative estimate of drug-likeness (QED) is 0.856. The summed E-state index contributed by atoms with van der Waals surface area (Å²) >= 11 is 0. The second kappa shape index (κ2) is 4.45. The lowest BCUT2D eigenvalue weighted by molar-refractivity contribution is 0.362. The van der Waals surface area contributed by atoms with Crippen molar-refractivity contribution in [1.82, 2.24) is 10.1 Å². The molecular formula is C12H15N3O. The maximum atomic E-state index is 5.65. The minimum absolute atomic E-state index is 0.226. The highest BCUT2D eigenvalue weighted by atomic mass is 16.5. The van der Waals surface area contributed by atoms with Gasteiger partial charge in [0, 0.05) is 5.56 Å². The van der Waals surface area contributed by atoms with E-state index in [1.165, 1.54) is 5.56 Å². The molecule has 0 radical (unpaired) electrons. The highest BCUT2D eigenvalue weighted by Crippen LogP contribution is 2.18. The molecule has 84 valence electrons. The molecule has 2 aromatic rings. The summed E-state index contributed by atoms with van der Waals surface area (Å²) in [6.45, 7) is 3.94. The van der Waals surface area contributed by atoms with Crippen molar-refractivity contribution in [3.8, 4) is 11.4 Å². The van der Waals surface area contributed by atoms with Gasteiger partial charge < -0.3 is 10.3 Å². The van der Waals surface area contributed by atoms with Gasteiger partial charge in [-0.05, 0) is 18.9 Å². The Hall–Kier alpha value is -1.68. The predicted molar refractivity (Wildman–Crippen MR) is 61.7 cm³/mol. The van der Waals surface area contributed by atoms with Crippen LogP contribution in [-0.2, 0) is 6.42 Å². The molecule has 2 N–H and O–H groups in total. The average Bonchev–Trinajstić information content (AvgIpc) is 2.78. The van der Waals surface area contributed by atoms with Crippen LogP contribution in [-0.4, -0.2) is 10.1 Å². The van der Waals surface area contributed by atoms with Gasteiger partial charge in [0.2, 0.25) is 11.7 Å². The summed E-state index contributed by atoms with van der Waals surface area (Å²) in [5, 5.41) is 3.90. The number of benzene rings is 1. The van der Waals surface area contributed by atoms with E-state index < -0.39 is 0 Å². The summed E-state index contributed by atoms with van der Waals surface area (Å²) in [5.41, 5.74) is 7.90. The molecule has 1 aromatic carbocycles. The first kappa shape index (κ1) is 10.8. The van der Waals surface area contributed by atoms with Crippen LogP contribution in [0.5, 0.6) is 0 Å². The van der Waals surface area contributed by atoms with Crippen molar-refractivity contribution in [3.63, 3.8) is 0 Å². The fraction of sp³-hybridized carbons (Fsp3) is 0.333. The Morgan fingerprint density at radius 1 is 1.31 bits per heavy atom. The summed E-state index contributed by atoms with van der Waals surface area (Å²) in [5.74, 6) is 1.06. The third-order valence-corrected chi connectivity index (χ3v) is 2.45. The van der Waals surface area contributed by atoms with Crippen LogP contribution in [0.25, 0.3) is 11.4 Å². The number of rotatable bonds is 3. The molecular weight excluding hydrogens is 202 g/mol. The van der Waals surface area contributed by atoms with Crippen molar-refractivity contribution in [2.24, 2.45) is 5.73 Å². The lowest BCUT2D eigenvalue weighted by Crippen LogP contribution is -2.04. The van der Waals surface area contributed by atoms with Crippen LogP contribution in [0.4, 0.5) is 0 Å². The Kier molecular flexibility index (Phi) is 3.01. The second-order valence-corrected chi connectivity index (χ2v) is 3.80. The van der Waals surface area contributed by atoms with Gasteiger partial charge in [-0.3, -0.25) is 0 Å². The molecule has 0 aliphatic rings. The maximum absolute atomic E-state index is 5.65. The van der Waals surface area contributed by atoms with Crippen molar-refractivity contribution >= 4 is 0 Å². The van der Waals surface area contributed by atoms with Crippen molar-refractivity contribution in [1.29, 1.82) is 0 Å². The van der Waals surface area contributed by atoms with E-state index in [0.717, 1.165) is 12.0 Å². The van der Waals surface area contributed by atoms with Gasteiger partial charge in [0.25, 0.3) is 0 Å². The van der Waals surface area contributed by atoms with Crippen molar-refractivity contribution in [2.75, 3.05) is 0 Å². The van der Waals surface area contributed by atoms with Crippen LogP contribution in [0.15, 0.2) is 28.8 Å². The van der Waals surface area contributed by atoms with E-state index in [1.54, 1.807) is 0 Å². The Balaban J connectivity index is 2.28. The van der Waals surface area contributed by atoms with E-state index in [-0.39, 0.29) is 6.04 Å². The summed E-state index contributed by atoms with van der Waals surface area (Å²) < 4.78 is 5.05. The van der Waals surface area contributed by atoms with Gasteiger partial charge in [0.15, 0.2) is 0 Å². The zero-order chi connectivity index (χ0) is 11.5. The molecule has 0 aliphatic carbocycles. The van der Waals surface area contributed by atoms with E-state index in [4.69, 9.17) is 10.3 Å². The van der Waals surface area contributed by atoms with Crippen LogP contribution in [0.2, 0.25) is 0 Å². The third kappa shape index (κ3) is 2.12. The summed E-state index contributed by atoms with van der Waals surface area (Å²) in [7, 11) is 0. The van der Waals surface area contributed by atoms with E-state index in [0.29, 0.717) is 11.7 Å². The first-order chi connectivity index (χ1) is 7.70. The van der Waals surface area contributed by atoms with Crippen molar-refractivity contribution < 1.29 is 4.52 Å². The lowest BCUT2D eigenvalue weighted by atomic mass is 10.1. The summed E-state index contributed by atoms with van der Waals surface area (Å²) in [6, 6.07) is 7.90. The molecule has 0 bridgehead atoms. The molecule has 1 atom stereocenters. The molecule has 0 fully saturated rings. The van der Waals surface area contributed by atoms with Gasteiger partial charge in [-0.1, -0.05) is 36.3 Å².